The lowest BCUT2D eigenvalue weighted by atomic mass is 10.0. The summed E-state index contributed by atoms with van der Waals surface area (Å²) in [6, 6.07) is 4.42. The van der Waals surface area contributed by atoms with E-state index in [1.54, 1.807) is 6.07 Å². The molecule has 1 aromatic rings. The van der Waals surface area contributed by atoms with E-state index in [1.807, 2.05) is 20.8 Å². The number of hydrogen-bond donors (Lipinski definition) is 2. The lowest BCUT2D eigenvalue weighted by Crippen LogP contribution is -2.42. The van der Waals surface area contributed by atoms with Crippen LogP contribution in [0.2, 0.25) is 0 Å². The summed E-state index contributed by atoms with van der Waals surface area (Å²) in [6.07, 6.45) is 0.692. The molecule has 0 atom stereocenters. The second-order valence-corrected chi connectivity index (χ2v) is 6.43. The van der Waals surface area contributed by atoms with E-state index < -0.39 is 15.6 Å². The van der Waals surface area contributed by atoms with Crippen LogP contribution >= 0.6 is 0 Å². The van der Waals surface area contributed by atoms with Crippen LogP contribution in [0.5, 0.6) is 5.75 Å². The summed E-state index contributed by atoms with van der Waals surface area (Å²) in [5, 5.41) is 0. The van der Waals surface area contributed by atoms with Gasteiger partial charge in [-0.2, -0.15) is 0 Å². The third kappa shape index (κ3) is 3.36. The first-order chi connectivity index (χ1) is 8.22. The van der Waals surface area contributed by atoms with Crippen molar-refractivity contribution in [3.63, 3.8) is 0 Å². The van der Waals surface area contributed by atoms with Gasteiger partial charge in [0.2, 0.25) is 10.0 Å². The number of benzene rings is 1. The first-order valence-corrected chi connectivity index (χ1v) is 7.17. The molecular formula is C12H20N2O3S. The molecule has 102 valence electrons. The van der Waals surface area contributed by atoms with Gasteiger partial charge in [0, 0.05) is 5.54 Å². The van der Waals surface area contributed by atoms with Crippen molar-refractivity contribution in [2.45, 2.75) is 37.6 Å². The summed E-state index contributed by atoms with van der Waals surface area (Å²) in [5.74, 6) is 0.462. The molecule has 0 aliphatic carbocycles. The molecule has 0 aliphatic heterocycles. The minimum absolute atomic E-state index is 0.141. The maximum Gasteiger partial charge on any atom is 0.241 e. The molecule has 6 heteroatoms. The minimum Gasteiger partial charge on any atom is -0.495 e. The Kier molecular flexibility index (Phi) is 4.24. The summed E-state index contributed by atoms with van der Waals surface area (Å²) in [5.41, 5.74) is 5.52. The van der Waals surface area contributed by atoms with Crippen molar-refractivity contribution in [3.8, 4) is 5.75 Å². The number of ether oxygens (including phenoxy) is 1. The smallest absolute Gasteiger partial charge is 0.241 e. The molecule has 5 nitrogen and oxygen atoms in total. The maximum absolute atomic E-state index is 12.2. The Morgan fingerprint density at radius 1 is 1.39 bits per heavy atom. The minimum atomic E-state index is -3.56. The normalized spacial score (nSPS) is 12.4. The Balaban J connectivity index is 3.10. The number of anilines is 1. The van der Waals surface area contributed by atoms with Gasteiger partial charge >= 0.3 is 0 Å². The predicted molar refractivity (Wildman–Crippen MR) is 72.1 cm³/mol. The SMILES string of the molecule is CCC(C)(C)NS(=O)(=O)c1ccc(OC)c(N)c1. The molecule has 0 saturated heterocycles. The van der Waals surface area contributed by atoms with Crippen LogP contribution in [0.25, 0.3) is 0 Å². The van der Waals surface area contributed by atoms with E-state index in [9.17, 15) is 8.42 Å². The standard InChI is InChI=1S/C12H20N2O3S/c1-5-12(2,3)14-18(15,16)9-6-7-11(17-4)10(13)8-9/h6-8,14H,5,13H2,1-4H3. The summed E-state index contributed by atoms with van der Waals surface area (Å²) in [6.45, 7) is 5.58. The van der Waals surface area contributed by atoms with Gasteiger partial charge in [0.15, 0.2) is 0 Å². The number of nitrogens with one attached hydrogen (secondary N) is 1. The average Bonchev–Trinajstić information content (AvgIpc) is 2.27. The van der Waals surface area contributed by atoms with Crippen LogP contribution in [0.1, 0.15) is 27.2 Å². The van der Waals surface area contributed by atoms with Gasteiger partial charge < -0.3 is 10.5 Å². The maximum atomic E-state index is 12.2. The molecule has 1 rings (SSSR count). The quantitative estimate of drug-likeness (QED) is 0.800. The van der Waals surface area contributed by atoms with Crippen molar-refractivity contribution >= 4 is 15.7 Å². The van der Waals surface area contributed by atoms with Gasteiger partial charge in [-0.25, -0.2) is 13.1 Å². The van der Waals surface area contributed by atoms with Crippen LogP contribution in [0, 0.1) is 0 Å². The zero-order valence-electron chi connectivity index (χ0n) is 11.1. The molecule has 18 heavy (non-hydrogen) atoms. The largest absolute Gasteiger partial charge is 0.495 e. The summed E-state index contributed by atoms with van der Waals surface area (Å²) in [4.78, 5) is 0.141. The molecule has 0 bridgehead atoms. The Hall–Kier alpha value is -1.27. The second kappa shape index (κ2) is 5.16. The second-order valence-electron chi connectivity index (χ2n) is 4.75. The molecule has 0 aliphatic rings. The Bertz CT molecular complexity index is 524. The number of sulfonamides is 1. The molecule has 0 aromatic heterocycles. The lowest BCUT2D eigenvalue weighted by molar-refractivity contribution is 0.416. The molecule has 3 N–H and O–H groups in total. The zero-order valence-corrected chi connectivity index (χ0v) is 12.0. The van der Waals surface area contributed by atoms with Crippen LogP contribution in [-0.4, -0.2) is 21.1 Å². The van der Waals surface area contributed by atoms with E-state index in [0.29, 0.717) is 17.9 Å². The molecular weight excluding hydrogens is 252 g/mol. The van der Waals surface area contributed by atoms with Gasteiger partial charge in [0.05, 0.1) is 17.7 Å². The molecule has 0 fully saturated rings. The Morgan fingerprint density at radius 3 is 2.44 bits per heavy atom. The van der Waals surface area contributed by atoms with Gasteiger partial charge in [-0.1, -0.05) is 6.92 Å². The fourth-order valence-electron chi connectivity index (χ4n) is 1.37. The van der Waals surface area contributed by atoms with Crippen molar-refractivity contribution in [1.29, 1.82) is 0 Å². The van der Waals surface area contributed by atoms with Gasteiger partial charge in [-0.3, -0.25) is 0 Å². The van der Waals surface area contributed by atoms with Gasteiger partial charge in [-0.15, -0.1) is 0 Å². The first kappa shape index (κ1) is 14.8. The molecule has 0 unspecified atom stereocenters. The fourth-order valence-corrected chi connectivity index (χ4v) is 2.89. The third-order valence-electron chi connectivity index (χ3n) is 2.81. The number of nitrogen functional groups attached to an aromatic ring is 1. The van der Waals surface area contributed by atoms with Crippen molar-refractivity contribution in [2.75, 3.05) is 12.8 Å². The van der Waals surface area contributed by atoms with E-state index in [-0.39, 0.29) is 4.90 Å². The topological polar surface area (TPSA) is 81.4 Å². The van der Waals surface area contributed by atoms with E-state index in [4.69, 9.17) is 10.5 Å². The van der Waals surface area contributed by atoms with Crippen LogP contribution in [-0.2, 0) is 10.0 Å². The molecule has 0 amide bonds. The molecule has 1 aromatic carbocycles. The van der Waals surface area contributed by atoms with E-state index >= 15 is 0 Å². The summed E-state index contributed by atoms with van der Waals surface area (Å²) < 4.78 is 31.9. The summed E-state index contributed by atoms with van der Waals surface area (Å²) >= 11 is 0. The third-order valence-corrected chi connectivity index (χ3v) is 4.50. The monoisotopic (exact) mass is 272 g/mol. The fraction of sp³-hybridized carbons (Fsp3) is 0.500. The van der Waals surface area contributed by atoms with Crippen LogP contribution in [0.15, 0.2) is 23.1 Å². The highest BCUT2D eigenvalue weighted by molar-refractivity contribution is 7.89. The van der Waals surface area contributed by atoms with Crippen molar-refractivity contribution in [2.24, 2.45) is 0 Å². The highest BCUT2D eigenvalue weighted by Gasteiger charge is 2.24. The van der Waals surface area contributed by atoms with E-state index in [2.05, 4.69) is 4.72 Å². The van der Waals surface area contributed by atoms with Crippen molar-refractivity contribution in [3.05, 3.63) is 18.2 Å². The summed E-state index contributed by atoms with van der Waals surface area (Å²) in [7, 11) is -2.08. The van der Waals surface area contributed by atoms with E-state index in [1.165, 1.54) is 19.2 Å². The van der Waals surface area contributed by atoms with Gasteiger partial charge in [0.25, 0.3) is 0 Å². The molecule has 0 saturated carbocycles. The highest BCUT2D eigenvalue weighted by atomic mass is 32.2. The zero-order chi connectivity index (χ0) is 14.0. The Morgan fingerprint density at radius 2 is 2.00 bits per heavy atom. The van der Waals surface area contributed by atoms with Crippen LogP contribution in [0.4, 0.5) is 5.69 Å². The highest BCUT2D eigenvalue weighted by Crippen LogP contribution is 2.25. The number of methoxy groups -OCH3 is 1. The van der Waals surface area contributed by atoms with Gasteiger partial charge in [0.1, 0.15) is 5.75 Å². The first-order valence-electron chi connectivity index (χ1n) is 5.69. The molecule has 0 heterocycles. The van der Waals surface area contributed by atoms with Crippen LogP contribution in [0.3, 0.4) is 0 Å². The predicted octanol–water partition coefficient (Wildman–Crippen LogP) is 1.74. The number of nitrogens with two attached hydrogens (primary N) is 1. The Labute approximate surface area is 108 Å². The van der Waals surface area contributed by atoms with E-state index in [0.717, 1.165) is 0 Å². The van der Waals surface area contributed by atoms with Gasteiger partial charge in [-0.05, 0) is 38.5 Å². The number of rotatable bonds is 5. The van der Waals surface area contributed by atoms with Crippen LogP contribution < -0.4 is 15.2 Å². The lowest BCUT2D eigenvalue weighted by Gasteiger charge is -2.24. The average molecular weight is 272 g/mol. The van der Waals surface area contributed by atoms with Crippen molar-refractivity contribution in [1.82, 2.24) is 4.72 Å². The van der Waals surface area contributed by atoms with Crippen molar-refractivity contribution < 1.29 is 13.2 Å². The molecule has 0 spiro atoms. The molecule has 0 radical (unpaired) electrons. The number of hydrogen-bond acceptors (Lipinski definition) is 4.